The van der Waals surface area contributed by atoms with Crippen molar-refractivity contribution in [1.82, 2.24) is 69.2 Å². The molecule has 7 atom stereocenters. The van der Waals surface area contributed by atoms with Crippen molar-refractivity contribution in [2.45, 2.75) is 275 Å². The topological polar surface area (TPSA) is 346 Å². The third-order valence-corrected chi connectivity index (χ3v) is 26.8. The number of carboxylic acids is 4. The van der Waals surface area contributed by atoms with Gasteiger partial charge in [-0.2, -0.15) is 0 Å². The molecule has 14 rings (SSSR count). The number of thiazole rings is 7. The standard InChI is InChI=1S/7C11H19N3S.2C2H2O4/c7*1-9-8-15-11(12-9)13-10(2)14-6-4-3-5-7-14;2*3-1(4)2(5)6/h7*8,10H,3-7H2,1-2H3,(H,12,13);2*(H,3,4)(H,5,6). The van der Waals surface area contributed by atoms with Crippen LogP contribution in [0.15, 0.2) is 37.7 Å². The molecule has 117 heavy (non-hydrogen) atoms. The number of piperidine rings is 7. The third kappa shape index (κ3) is 40.7. The van der Waals surface area contributed by atoms with Crippen LogP contribution in [0.3, 0.4) is 0 Å². The molecule has 29 nitrogen and oxygen atoms in total. The van der Waals surface area contributed by atoms with Gasteiger partial charge in [-0.1, -0.05) is 44.9 Å². The third-order valence-electron chi connectivity index (χ3n) is 20.6. The van der Waals surface area contributed by atoms with Crippen LogP contribution in [0.25, 0.3) is 0 Å². The molecule has 7 fully saturated rings. The highest BCUT2D eigenvalue weighted by molar-refractivity contribution is 7.15. The first kappa shape index (κ1) is 99.4. The Morgan fingerprint density at radius 1 is 0.231 bits per heavy atom. The van der Waals surface area contributed by atoms with Gasteiger partial charge in [0.05, 0.1) is 83.0 Å². The summed E-state index contributed by atoms with van der Waals surface area (Å²) in [7, 11) is 0. The predicted octanol–water partition coefficient (Wildman–Crippen LogP) is 17.2. The molecular formula is C81H137N21O8S7. The van der Waals surface area contributed by atoms with Crippen LogP contribution in [0.1, 0.15) is 223 Å². The Morgan fingerprint density at radius 3 is 0.410 bits per heavy atom. The van der Waals surface area contributed by atoms with E-state index in [0.717, 1.165) is 75.8 Å². The molecule has 14 heterocycles. The molecule has 7 aromatic rings. The quantitative estimate of drug-likeness (QED) is 0.0298. The average Bonchev–Trinajstić information content (AvgIpc) is 1.77. The number of likely N-dealkylation sites (tertiary alicyclic amines) is 7. The largest absolute Gasteiger partial charge is 0.473 e. The molecule has 0 bridgehead atoms. The van der Waals surface area contributed by atoms with Crippen LogP contribution in [-0.2, 0) is 19.2 Å². The Labute approximate surface area is 724 Å². The van der Waals surface area contributed by atoms with Crippen molar-refractivity contribution >= 4 is 139 Å². The zero-order valence-corrected chi connectivity index (χ0v) is 77.6. The average molecular weight is 1760 g/mol. The van der Waals surface area contributed by atoms with Gasteiger partial charge in [-0.3, -0.25) is 34.3 Å². The van der Waals surface area contributed by atoms with Gasteiger partial charge in [0.1, 0.15) is 0 Å². The molecule has 7 unspecified atom stereocenters. The fourth-order valence-electron chi connectivity index (χ4n) is 14.0. The highest BCUT2D eigenvalue weighted by Crippen LogP contribution is 2.26. The van der Waals surface area contributed by atoms with E-state index in [1.807, 2.05) is 48.5 Å². The van der Waals surface area contributed by atoms with E-state index in [2.05, 4.69) is 193 Å². The van der Waals surface area contributed by atoms with E-state index < -0.39 is 23.9 Å². The highest BCUT2D eigenvalue weighted by atomic mass is 32.1. The molecule has 0 saturated carbocycles. The summed E-state index contributed by atoms with van der Waals surface area (Å²) >= 11 is 11.9. The second kappa shape index (κ2) is 55.5. The lowest BCUT2D eigenvalue weighted by atomic mass is 10.1. The Morgan fingerprint density at radius 2 is 0.333 bits per heavy atom. The predicted molar refractivity (Wildman–Crippen MR) is 488 cm³/mol. The first-order chi connectivity index (χ1) is 56.1. The molecular weight excluding hydrogens is 1620 g/mol. The van der Waals surface area contributed by atoms with Crippen molar-refractivity contribution < 1.29 is 39.6 Å². The van der Waals surface area contributed by atoms with E-state index in [1.165, 1.54) is 226 Å². The lowest BCUT2D eigenvalue weighted by Crippen LogP contribution is -2.41. The van der Waals surface area contributed by atoms with Gasteiger partial charge < -0.3 is 57.6 Å². The molecule has 7 aliphatic rings. The monoisotopic (exact) mass is 1760 g/mol. The second-order valence-electron chi connectivity index (χ2n) is 30.7. The molecule has 0 aliphatic carbocycles. The lowest BCUT2D eigenvalue weighted by Gasteiger charge is -2.32. The number of nitrogens with one attached hydrogen (secondary N) is 7. The number of aromatic nitrogens is 7. The highest BCUT2D eigenvalue weighted by Gasteiger charge is 2.24. The maximum atomic E-state index is 9.10. The summed E-state index contributed by atoms with van der Waals surface area (Å²) in [6, 6.07) is 0. The Kier molecular flexibility index (Phi) is 47.2. The molecule has 656 valence electrons. The molecule has 0 radical (unpaired) electrons. The molecule has 0 aromatic carbocycles. The maximum absolute atomic E-state index is 9.10. The summed E-state index contributed by atoms with van der Waals surface area (Å²) in [4.78, 5) is 84.9. The second-order valence-corrected chi connectivity index (χ2v) is 36.7. The Bertz CT molecular complexity index is 3170. The summed E-state index contributed by atoms with van der Waals surface area (Å²) in [6.45, 7) is 46.9. The number of aliphatic carboxylic acids is 4. The summed E-state index contributed by atoms with van der Waals surface area (Å²) < 4.78 is 0. The first-order valence-corrected chi connectivity index (χ1v) is 48.1. The van der Waals surface area contributed by atoms with Crippen LogP contribution in [0.5, 0.6) is 0 Å². The number of carbonyl (C=O) groups is 4. The summed E-state index contributed by atoms with van der Waals surface area (Å²) in [5.41, 5.74) is 7.73. The molecule has 0 amide bonds. The van der Waals surface area contributed by atoms with Crippen LogP contribution in [-0.4, -0.2) is 248 Å². The van der Waals surface area contributed by atoms with Gasteiger partial charge in [0, 0.05) is 129 Å². The van der Waals surface area contributed by atoms with Crippen molar-refractivity contribution in [3.05, 3.63) is 77.5 Å². The molecule has 11 N–H and O–H groups in total. The van der Waals surface area contributed by atoms with Gasteiger partial charge in [-0.05, 0) is 187 Å². The molecule has 7 saturated heterocycles. The van der Waals surface area contributed by atoms with Gasteiger partial charge >= 0.3 is 23.9 Å². The smallest absolute Gasteiger partial charge is 0.414 e. The van der Waals surface area contributed by atoms with Crippen LogP contribution in [0, 0.1) is 48.5 Å². The van der Waals surface area contributed by atoms with Crippen LogP contribution in [0.4, 0.5) is 35.9 Å². The molecule has 0 spiro atoms. The number of carboxylic acid groups (broad SMARTS) is 4. The van der Waals surface area contributed by atoms with Gasteiger partial charge in [0.2, 0.25) is 0 Å². The Balaban J connectivity index is 0.000000207. The Hall–Kier alpha value is -6.39. The SMILES string of the molecule is Cc1csc(NC(C)N2CCCCC2)n1.Cc1csc(NC(C)N2CCCCC2)n1.Cc1csc(NC(C)N2CCCCC2)n1.Cc1csc(NC(C)N2CCCCC2)n1.Cc1csc(NC(C)N2CCCCC2)n1.Cc1csc(NC(C)N2CCCCC2)n1.Cc1csc(NC(C)N2CCCCC2)n1.O=C(O)C(=O)O.O=C(O)C(=O)O. The van der Waals surface area contributed by atoms with Crippen LogP contribution in [0.2, 0.25) is 0 Å². The van der Waals surface area contributed by atoms with E-state index in [9.17, 15) is 0 Å². The number of rotatable bonds is 21. The van der Waals surface area contributed by atoms with E-state index in [4.69, 9.17) is 39.6 Å². The maximum Gasteiger partial charge on any atom is 0.414 e. The number of aryl methyl sites for hydroxylation is 7. The fourth-order valence-corrected chi connectivity index (χ4v) is 19.4. The number of hydrogen-bond donors (Lipinski definition) is 11. The summed E-state index contributed by atoms with van der Waals surface area (Å²) in [5.74, 6) is -7.30. The van der Waals surface area contributed by atoms with E-state index in [1.54, 1.807) is 79.4 Å². The van der Waals surface area contributed by atoms with Crippen molar-refractivity contribution in [3.63, 3.8) is 0 Å². The van der Waals surface area contributed by atoms with Crippen molar-refractivity contribution in [3.8, 4) is 0 Å². The van der Waals surface area contributed by atoms with Gasteiger partial charge in [0.15, 0.2) is 35.9 Å². The van der Waals surface area contributed by atoms with Crippen molar-refractivity contribution in [2.75, 3.05) is 129 Å². The van der Waals surface area contributed by atoms with Gasteiger partial charge in [-0.25, -0.2) is 54.1 Å². The van der Waals surface area contributed by atoms with E-state index in [0.29, 0.717) is 43.2 Å². The number of hydrogen-bond acceptors (Lipinski definition) is 32. The van der Waals surface area contributed by atoms with E-state index in [-0.39, 0.29) is 0 Å². The summed E-state index contributed by atoms with van der Waals surface area (Å²) in [6.07, 6.45) is 31.3. The molecule has 7 aliphatic heterocycles. The zero-order chi connectivity index (χ0) is 85.0. The number of nitrogens with zero attached hydrogens (tertiary/aromatic N) is 14. The van der Waals surface area contributed by atoms with Crippen molar-refractivity contribution in [1.29, 1.82) is 0 Å². The van der Waals surface area contributed by atoms with Crippen LogP contribution < -0.4 is 37.2 Å². The number of anilines is 7. The zero-order valence-electron chi connectivity index (χ0n) is 71.9. The summed E-state index contributed by atoms with van der Waals surface area (Å²) in [5, 5.41) is 75.8. The molecule has 36 heteroatoms. The minimum absolute atomic E-state index is 0.413. The minimum Gasteiger partial charge on any atom is -0.473 e. The van der Waals surface area contributed by atoms with Crippen molar-refractivity contribution in [2.24, 2.45) is 0 Å². The minimum atomic E-state index is -1.82. The van der Waals surface area contributed by atoms with Gasteiger partial charge in [-0.15, -0.1) is 79.4 Å². The lowest BCUT2D eigenvalue weighted by molar-refractivity contribution is -0.159. The van der Waals surface area contributed by atoms with Gasteiger partial charge in [0.25, 0.3) is 0 Å². The van der Waals surface area contributed by atoms with E-state index >= 15 is 0 Å². The molecule has 7 aromatic heterocycles. The normalized spacial score (nSPS) is 18.8. The van der Waals surface area contributed by atoms with Crippen LogP contribution >= 0.6 is 79.4 Å². The fraction of sp³-hybridized carbons (Fsp3) is 0.691. The first-order valence-electron chi connectivity index (χ1n) is 42.0.